The summed E-state index contributed by atoms with van der Waals surface area (Å²) in [6.45, 7) is 0. The average Bonchev–Trinajstić information content (AvgIpc) is 3.37. The lowest BCUT2D eigenvalue weighted by Gasteiger charge is -2.29. The molecule has 2 aromatic rings. The number of nitrogens with zero attached hydrogens (tertiary/aromatic N) is 1. The molecule has 10 heteroatoms. The molecule has 0 aliphatic carbocycles. The first-order valence-corrected chi connectivity index (χ1v) is 10.9. The summed E-state index contributed by atoms with van der Waals surface area (Å²) in [7, 11) is 1.43. The first-order chi connectivity index (χ1) is 15.8. The van der Waals surface area contributed by atoms with Crippen molar-refractivity contribution in [3.8, 4) is 5.75 Å². The second kappa shape index (κ2) is 7.57. The van der Waals surface area contributed by atoms with E-state index in [2.05, 4.69) is 10.6 Å². The predicted molar refractivity (Wildman–Crippen MR) is 120 cm³/mol. The van der Waals surface area contributed by atoms with Gasteiger partial charge in [-0.25, -0.2) is 4.90 Å². The molecular formula is C23H21ClN4O5. The van der Waals surface area contributed by atoms with E-state index in [4.69, 9.17) is 22.1 Å². The average molecular weight is 469 g/mol. The molecular weight excluding hydrogens is 448 g/mol. The molecule has 1 spiro atoms. The van der Waals surface area contributed by atoms with E-state index in [-0.39, 0.29) is 18.5 Å². The summed E-state index contributed by atoms with van der Waals surface area (Å²) in [6.07, 6.45) is 0.204. The number of hydrogen-bond acceptors (Lipinski definition) is 6. The van der Waals surface area contributed by atoms with Crippen molar-refractivity contribution >= 4 is 46.6 Å². The van der Waals surface area contributed by atoms with Gasteiger partial charge in [-0.3, -0.25) is 24.5 Å². The zero-order valence-corrected chi connectivity index (χ0v) is 18.4. The molecule has 2 fully saturated rings. The Morgan fingerprint density at radius 1 is 1.18 bits per heavy atom. The van der Waals surface area contributed by atoms with Gasteiger partial charge in [-0.2, -0.15) is 0 Å². The lowest BCUT2D eigenvalue weighted by Crippen LogP contribution is -2.53. The Bertz CT molecular complexity index is 1220. The molecule has 3 aliphatic heterocycles. The Kier molecular flexibility index (Phi) is 4.91. The van der Waals surface area contributed by atoms with Crippen LogP contribution in [-0.2, 0) is 24.7 Å². The number of hydrogen-bond donors (Lipinski definition) is 3. The van der Waals surface area contributed by atoms with Gasteiger partial charge in [0.15, 0.2) is 0 Å². The molecule has 4 N–H and O–H groups in total. The van der Waals surface area contributed by atoms with E-state index in [1.165, 1.54) is 13.2 Å². The monoisotopic (exact) mass is 468 g/mol. The molecule has 0 radical (unpaired) electrons. The quantitative estimate of drug-likeness (QED) is 0.570. The fraction of sp³-hybridized carbons (Fsp3) is 0.304. The zero-order valence-electron chi connectivity index (χ0n) is 17.6. The molecule has 2 aromatic carbocycles. The van der Waals surface area contributed by atoms with Crippen molar-refractivity contribution in [2.75, 3.05) is 17.3 Å². The number of para-hydroxylation sites is 1. The minimum absolute atomic E-state index is 0.00217. The van der Waals surface area contributed by atoms with Gasteiger partial charge in [-0.05, 0) is 30.7 Å². The number of methoxy groups -OCH3 is 1. The summed E-state index contributed by atoms with van der Waals surface area (Å²) >= 11 is 6.16. The van der Waals surface area contributed by atoms with E-state index in [0.29, 0.717) is 22.0 Å². The number of carbonyl (C=O) groups excluding carboxylic acids is 4. The maximum Gasteiger partial charge on any atom is 0.250 e. The number of halogens is 1. The number of amides is 4. The number of fused-ring (bicyclic) bond motifs is 4. The maximum atomic E-state index is 13.9. The summed E-state index contributed by atoms with van der Waals surface area (Å²) in [5.41, 5.74) is 5.28. The van der Waals surface area contributed by atoms with Gasteiger partial charge in [0, 0.05) is 28.7 Å². The van der Waals surface area contributed by atoms with Crippen molar-refractivity contribution in [3.05, 3.63) is 53.1 Å². The molecule has 4 unspecified atom stereocenters. The van der Waals surface area contributed by atoms with E-state index < -0.39 is 47.0 Å². The molecule has 0 bridgehead atoms. The van der Waals surface area contributed by atoms with Crippen molar-refractivity contribution in [1.82, 2.24) is 5.32 Å². The first-order valence-electron chi connectivity index (χ1n) is 10.5. The first kappa shape index (κ1) is 21.4. The second-order valence-electron chi connectivity index (χ2n) is 8.40. The van der Waals surface area contributed by atoms with Crippen LogP contribution in [0, 0.1) is 11.8 Å². The Morgan fingerprint density at radius 3 is 2.67 bits per heavy atom. The minimum atomic E-state index is -1.45. The number of nitrogens with two attached hydrogens (primary N) is 1. The Morgan fingerprint density at radius 2 is 1.94 bits per heavy atom. The third-order valence-corrected chi connectivity index (χ3v) is 6.94. The van der Waals surface area contributed by atoms with E-state index in [1.54, 1.807) is 36.4 Å². The summed E-state index contributed by atoms with van der Waals surface area (Å²) in [5, 5.41) is 6.41. The topological polar surface area (TPSA) is 131 Å². The van der Waals surface area contributed by atoms with E-state index in [9.17, 15) is 19.2 Å². The zero-order chi connectivity index (χ0) is 23.5. The van der Waals surface area contributed by atoms with Crippen LogP contribution in [0.25, 0.3) is 0 Å². The highest BCUT2D eigenvalue weighted by molar-refractivity contribution is 6.32. The predicted octanol–water partition coefficient (Wildman–Crippen LogP) is 1.54. The number of ether oxygens (including phenoxy) is 1. The largest absolute Gasteiger partial charge is 0.495 e. The smallest absolute Gasteiger partial charge is 0.250 e. The van der Waals surface area contributed by atoms with Gasteiger partial charge in [-0.1, -0.05) is 29.8 Å². The van der Waals surface area contributed by atoms with Crippen LogP contribution in [0.15, 0.2) is 42.5 Å². The Hall–Kier alpha value is -3.43. The summed E-state index contributed by atoms with van der Waals surface area (Å²) in [6, 6.07) is 11.1. The number of imide groups is 1. The standard InChI is InChI=1S/C23H21ClN4O5/c1-33-16-8-6-11(24)10-15(16)28-20(30)18-14(7-9-17(25)29)27-23(19(18)21(28)31)12-4-2-3-5-13(12)26-22(23)32/h2-6,8,10,14,18-19,27H,7,9H2,1H3,(H2,25,29)(H,26,32). The van der Waals surface area contributed by atoms with Gasteiger partial charge >= 0.3 is 0 Å². The van der Waals surface area contributed by atoms with Gasteiger partial charge in [0.2, 0.25) is 23.6 Å². The SMILES string of the molecule is COc1ccc(Cl)cc1N1C(=O)C2C(CCC(N)=O)NC3(C(=O)Nc4ccccc43)C2C1=O. The molecule has 9 nitrogen and oxygen atoms in total. The van der Waals surface area contributed by atoms with Gasteiger partial charge in [0.05, 0.1) is 24.6 Å². The fourth-order valence-corrected chi connectivity index (χ4v) is 5.55. The molecule has 4 amide bonds. The maximum absolute atomic E-state index is 13.9. The van der Waals surface area contributed by atoms with E-state index in [1.807, 2.05) is 0 Å². The summed E-state index contributed by atoms with van der Waals surface area (Å²) in [5.74, 6) is -3.56. The van der Waals surface area contributed by atoms with Gasteiger partial charge in [-0.15, -0.1) is 0 Å². The molecule has 0 saturated carbocycles. The lowest BCUT2D eigenvalue weighted by atomic mass is 9.76. The number of primary amides is 1. The molecule has 4 atom stereocenters. The van der Waals surface area contributed by atoms with Crippen molar-refractivity contribution in [1.29, 1.82) is 0 Å². The number of anilines is 2. The summed E-state index contributed by atoms with van der Waals surface area (Å²) in [4.78, 5) is 53.5. The Labute approximate surface area is 194 Å². The van der Waals surface area contributed by atoms with Crippen molar-refractivity contribution < 1.29 is 23.9 Å². The molecule has 2 saturated heterocycles. The Balaban J connectivity index is 1.66. The number of carbonyl (C=O) groups is 4. The minimum Gasteiger partial charge on any atom is -0.495 e. The van der Waals surface area contributed by atoms with Crippen molar-refractivity contribution in [3.63, 3.8) is 0 Å². The van der Waals surface area contributed by atoms with Gasteiger partial charge < -0.3 is 15.8 Å². The molecule has 5 rings (SSSR count). The normalized spacial score (nSPS) is 27.6. The van der Waals surface area contributed by atoms with E-state index >= 15 is 0 Å². The third kappa shape index (κ3) is 2.96. The van der Waals surface area contributed by atoms with Crippen LogP contribution in [0.4, 0.5) is 11.4 Å². The lowest BCUT2D eigenvalue weighted by molar-refractivity contribution is -0.130. The van der Waals surface area contributed by atoms with Crippen LogP contribution in [0.2, 0.25) is 5.02 Å². The van der Waals surface area contributed by atoms with Gasteiger partial charge in [0.25, 0.3) is 0 Å². The van der Waals surface area contributed by atoms with E-state index in [0.717, 1.165) is 4.90 Å². The number of benzene rings is 2. The number of rotatable bonds is 5. The highest BCUT2D eigenvalue weighted by atomic mass is 35.5. The fourth-order valence-electron chi connectivity index (χ4n) is 5.38. The number of nitrogens with one attached hydrogen (secondary N) is 2. The van der Waals surface area contributed by atoms with Crippen molar-refractivity contribution in [2.45, 2.75) is 24.4 Å². The highest BCUT2D eigenvalue weighted by Gasteiger charge is 2.70. The van der Waals surface area contributed by atoms with Gasteiger partial charge in [0.1, 0.15) is 11.3 Å². The third-order valence-electron chi connectivity index (χ3n) is 6.71. The van der Waals surface area contributed by atoms with Crippen LogP contribution in [0.1, 0.15) is 18.4 Å². The van der Waals surface area contributed by atoms with Crippen LogP contribution >= 0.6 is 11.6 Å². The molecule has 3 heterocycles. The molecule has 0 aromatic heterocycles. The van der Waals surface area contributed by atoms with Crippen LogP contribution < -0.4 is 26.0 Å². The van der Waals surface area contributed by atoms with Crippen LogP contribution in [0.5, 0.6) is 5.75 Å². The van der Waals surface area contributed by atoms with Crippen LogP contribution in [-0.4, -0.2) is 36.8 Å². The van der Waals surface area contributed by atoms with Crippen molar-refractivity contribution in [2.24, 2.45) is 17.6 Å². The highest BCUT2D eigenvalue weighted by Crippen LogP contribution is 2.54. The molecule has 3 aliphatic rings. The summed E-state index contributed by atoms with van der Waals surface area (Å²) < 4.78 is 5.37. The molecule has 33 heavy (non-hydrogen) atoms. The van der Waals surface area contributed by atoms with Crippen LogP contribution in [0.3, 0.4) is 0 Å². The second-order valence-corrected chi connectivity index (χ2v) is 8.83. The molecule has 170 valence electrons.